The number of allylic oxidation sites excluding steroid dienone is 4. The number of carboxylic acids is 1. The maximum absolute atomic E-state index is 12.6. The molecular weight excluding hydrogens is 697 g/mol. The first-order valence-corrected chi connectivity index (χ1v) is 22.4. The molecule has 0 spiro atoms. The van der Waals surface area contributed by atoms with Gasteiger partial charge < -0.3 is 25.2 Å². The predicted octanol–water partition coefficient (Wildman–Crippen LogP) is 10.7. The smallest absolute Gasteiger partial charge is 0.472 e. The first kappa shape index (κ1) is 51.0. The van der Waals surface area contributed by atoms with Gasteiger partial charge in [-0.05, 0) is 44.9 Å². The molecule has 0 rings (SSSR count). The molecule has 0 amide bonds. The van der Waals surface area contributed by atoms with Gasteiger partial charge in [0, 0.05) is 12.8 Å². The predicted molar refractivity (Wildman–Crippen MR) is 212 cm³/mol. The fourth-order valence-electron chi connectivity index (χ4n) is 5.62. The van der Waals surface area contributed by atoms with Gasteiger partial charge in [0.15, 0.2) is 6.10 Å². The van der Waals surface area contributed by atoms with Crippen LogP contribution in [-0.4, -0.2) is 59.9 Å². The Hall–Kier alpha value is -2.04. The summed E-state index contributed by atoms with van der Waals surface area (Å²) in [5.74, 6) is -2.39. The van der Waals surface area contributed by atoms with E-state index in [1.807, 2.05) is 0 Å². The van der Waals surface area contributed by atoms with E-state index in [9.17, 15) is 23.8 Å². The van der Waals surface area contributed by atoms with Crippen molar-refractivity contribution in [1.29, 1.82) is 0 Å². The lowest BCUT2D eigenvalue weighted by molar-refractivity contribution is -0.161. The Morgan fingerprint density at radius 2 is 1.00 bits per heavy atom. The Balaban J connectivity index is 4.40. The van der Waals surface area contributed by atoms with E-state index in [1.165, 1.54) is 83.5 Å². The van der Waals surface area contributed by atoms with Crippen molar-refractivity contribution in [3.05, 3.63) is 24.3 Å². The summed E-state index contributed by atoms with van der Waals surface area (Å²) in [5.41, 5.74) is 5.32. The second-order valence-electron chi connectivity index (χ2n) is 14.1. The van der Waals surface area contributed by atoms with Gasteiger partial charge in [0.25, 0.3) is 0 Å². The van der Waals surface area contributed by atoms with Gasteiger partial charge in [0.05, 0.1) is 13.2 Å². The van der Waals surface area contributed by atoms with E-state index in [0.29, 0.717) is 12.8 Å². The zero-order valence-corrected chi connectivity index (χ0v) is 34.3. The average Bonchev–Trinajstić information content (AvgIpc) is 3.13. The second kappa shape index (κ2) is 36.9. The van der Waals surface area contributed by atoms with Crippen LogP contribution in [0.1, 0.15) is 187 Å². The highest BCUT2D eigenvalue weighted by atomic mass is 31.2. The number of phosphoric ester groups is 1. The zero-order valence-electron chi connectivity index (χ0n) is 33.4. The third-order valence-corrected chi connectivity index (χ3v) is 9.90. The summed E-state index contributed by atoms with van der Waals surface area (Å²) < 4.78 is 32.6. The number of unbranched alkanes of at least 4 members (excludes halogenated alkanes) is 21. The Morgan fingerprint density at radius 3 is 1.51 bits per heavy atom. The molecule has 12 heteroatoms. The van der Waals surface area contributed by atoms with Crippen LogP contribution in [0.2, 0.25) is 0 Å². The summed E-state index contributed by atoms with van der Waals surface area (Å²) >= 11 is 0. The molecule has 0 bridgehead atoms. The minimum atomic E-state index is -4.71. The van der Waals surface area contributed by atoms with Crippen molar-refractivity contribution in [2.45, 2.75) is 199 Å². The monoisotopic (exact) mass is 774 g/mol. The van der Waals surface area contributed by atoms with Gasteiger partial charge in [0.1, 0.15) is 12.6 Å². The van der Waals surface area contributed by atoms with Crippen molar-refractivity contribution >= 4 is 25.7 Å². The Morgan fingerprint density at radius 1 is 0.585 bits per heavy atom. The lowest BCUT2D eigenvalue weighted by Crippen LogP contribution is -2.34. The molecule has 0 heterocycles. The molecule has 11 nitrogen and oxygen atoms in total. The van der Waals surface area contributed by atoms with Crippen molar-refractivity contribution in [2.75, 3.05) is 19.8 Å². The minimum absolute atomic E-state index is 0.148. The Labute approximate surface area is 321 Å². The number of hydrogen-bond acceptors (Lipinski definition) is 9. The molecule has 4 N–H and O–H groups in total. The van der Waals surface area contributed by atoms with E-state index < -0.39 is 51.1 Å². The lowest BCUT2D eigenvalue weighted by atomic mass is 10.0. The average molecular weight is 774 g/mol. The number of nitrogens with two attached hydrogens (primary N) is 1. The van der Waals surface area contributed by atoms with Crippen LogP contribution in [0.5, 0.6) is 0 Å². The van der Waals surface area contributed by atoms with E-state index in [2.05, 4.69) is 42.7 Å². The summed E-state index contributed by atoms with van der Waals surface area (Å²) in [6, 6.07) is -1.52. The van der Waals surface area contributed by atoms with E-state index in [-0.39, 0.29) is 19.4 Å². The summed E-state index contributed by atoms with van der Waals surface area (Å²) in [7, 11) is -4.71. The second-order valence-corrected chi connectivity index (χ2v) is 15.6. The van der Waals surface area contributed by atoms with Crippen molar-refractivity contribution in [2.24, 2.45) is 5.73 Å². The number of carbonyl (C=O) groups is 3. The standard InChI is InChI=1S/C41H76NO10P/c1-3-5-7-9-11-13-15-17-19-21-23-25-27-29-31-33-40(44)52-37(35-50-53(47,48)51-36-38(42)41(45)46)34-49-39(43)32-30-28-26-24-22-20-18-16-14-12-10-8-6-4-2/h11,13,17,19,37-38H,3-10,12,14-16,18,20-36,42H2,1-2H3,(H,45,46)(H,47,48)/b13-11-,19-17-/t37-,38+/m1/s1. The van der Waals surface area contributed by atoms with E-state index in [1.54, 1.807) is 0 Å². The fourth-order valence-corrected chi connectivity index (χ4v) is 6.40. The number of aliphatic carboxylic acids is 1. The van der Waals surface area contributed by atoms with Crippen molar-refractivity contribution in [3.63, 3.8) is 0 Å². The van der Waals surface area contributed by atoms with E-state index >= 15 is 0 Å². The highest BCUT2D eigenvalue weighted by Crippen LogP contribution is 2.43. The van der Waals surface area contributed by atoms with Gasteiger partial charge in [-0.3, -0.25) is 23.4 Å². The van der Waals surface area contributed by atoms with Crippen molar-refractivity contribution < 1.29 is 47.5 Å². The highest BCUT2D eigenvalue weighted by Gasteiger charge is 2.28. The van der Waals surface area contributed by atoms with Crippen LogP contribution in [-0.2, 0) is 37.5 Å². The van der Waals surface area contributed by atoms with Gasteiger partial charge in [-0.2, -0.15) is 0 Å². The summed E-state index contributed by atoms with van der Waals surface area (Å²) in [6.07, 6.45) is 36.7. The molecule has 0 aliphatic rings. The number of phosphoric acid groups is 1. The number of hydrogen-bond donors (Lipinski definition) is 3. The topological polar surface area (TPSA) is 172 Å². The van der Waals surface area contributed by atoms with Crippen LogP contribution >= 0.6 is 7.82 Å². The largest absolute Gasteiger partial charge is 0.480 e. The van der Waals surface area contributed by atoms with Gasteiger partial charge in [-0.15, -0.1) is 0 Å². The number of rotatable bonds is 39. The quantitative estimate of drug-likeness (QED) is 0.0235. The molecule has 0 aliphatic carbocycles. The molecule has 0 fully saturated rings. The van der Waals surface area contributed by atoms with Crippen LogP contribution in [0, 0.1) is 0 Å². The maximum atomic E-state index is 12.6. The van der Waals surface area contributed by atoms with E-state index in [4.69, 9.17) is 24.8 Å². The van der Waals surface area contributed by atoms with Crippen LogP contribution in [0.3, 0.4) is 0 Å². The van der Waals surface area contributed by atoms with Gasteiger partial charge >= 0.3 is 25.7 Å². The van der Waals surface area contributed by atoms with Crippen LogP contribution in [0.15, 0.2) is 24.3 Å². The fraction of sp³-hybridized carbons (Fsp3) is 0.829. The molecule has 0 saturated carbocycles. The van der Waals surface area contributed by atoms with E-state index in [0.717, 1.165) is 64.2 Å². The molecule has 0 saturated heterocycles. The number of carbonyl (C=O) groups excluding carboxylic acids is 2. The van der Waals surface area contributed by atoms with Crippen LogP contribution < -0.4 is 5.73 Å². The third kappa shape index (κ3) is 36.7. The van der Waals surface area contributed by atoms with Gasteiger partial charge in [0.2, 0.25) is 0 Å². The van der Waals surface area contributed by atoms with Crippen LogP contribution in [0.4, 0.5) is 0 Å². The molecule has 0 aromatic carbocycles. The molecule has 0 aromatic heterocycles. The molecule has 310 valence electrons. The molecular formula is C41H76NO10P. The number of carboxylic acid groups (broad SMARTS) is 1. The summed E-state index contributed by atoms with van der Waals surface area (Å²) in [6.45, 7) is 2.76. The Kier molecular flexibility index (Phi) is 35.5. The normalized spacial score (nSPS) is 14.0. The molecule has 3 atom stereocenters. The third-order valence-electron chi connectivity index (χ3n) is 8.95. The van der Waals surface area contributed by atoms with Crippen molar-refractivity contribution in [3.8, 4) is 0 Å². The SMILES string of the molecule is CCCCC/C=C\C/C=C\CCCCCCCC(=O)O[C@H](COC(=O)CCCCCCCCCCCCCCCC)COP(=O)(O)OC[C@H](N)C(=O)O. The first-order valence-electron chi connectivity index (χ1n) is 20.9. The summed E-state index contributed by atoms with van der Waals surface area (Å²) in [5, 5.41) is 8.87. The molecule has 0 aromatic rings. The first-order chi connectivity index (χ1) is 25.6. The number of ether oxygens (including phenoxy) is 2. The maximum Gasteiger partial charge on any atom is 0.472 e. The van der Waals surface area contributed by atoms with Gasteiger partial charge in [-0.25, -0.2) is 4.57 Å². The lowest BCUT2D eigenvalue weighted by Gasteiger charge is -2.20. The van der Waals surface area contributed by atoms with Crippen LogP contribution in [0.25, 0.3) is 0 Å². The Bertz CT molecular complexity index is 1010. The molecule has 1 unspecified atom stereocenters. The summed E-state index contributed by atoms with van der Waals surface area (Å²) in [4.78, 5) is 45.9. The zero-order chi connectivity index (χ0) is 39.3. The van der Waals surface area contributed by atoms with Gasteiger partial charge in [-0.1, -0.05) is 154 Å². The molecule has 0 radical (unpaired) electrons. The highest BCUT2D eigenvalue weighted by molar-refractivity contribution is 7.47. The minimum Gasteiger partial charge on any atom is -0.480 e. The van der Waals surface area contributed by atoms with Crippen molar-refractivity contribution in [1.82, 2.24) is 0 Å². The number of esters is 2. The molecule has 0 aliphatic heterocycles. The molecule has 53 heavy (non-hydrogen) atoms.